The van der Waals surface area contributed by atoms with Crippen LogP contribution in [0.15, 0.2) is 64.2 Å². The summed E-state index contributed by atoms with van der Waals surface area (Å²) in [7, 11) is 0. The molecule has 1 N–H and O–H groups in total. The first-order valence-corrected chi connectivity index (χ1v) is 8.35. The Kier molecular flexibility index (Phi) is 5.66. The zero-order valence-electron chi connectivity index (χ0n) is 14.4. The number of anilines is 1. The molecule has 3 aromatic rings. The van der Waals surface area contributed by atoms with Crippen molar-refractivity contribution in [2.24, 2.45) is 5.10 Å². The zero-order valence-corrected chi connectivity index (χ0v) is 15.1. The molecule has 0 aliphatic rings. The maximum atomic E-state index is 12.9. The van der Waals surface area contributed by atoms with Gasteiger partial charge < -0.3 is 4.52 Å². The normalized spacial score (nSPS) is 11.8. The minimum atomic E-state index is -4.67. The molecule has 0 aliphatic heterocycles. The Hall–Kier alpha value is -3.64. The second-order valence-electron chi connectivity index (χ2n) is 5.65. The van der Waals surface area contributed by atoms with E-state index in [1.54, 1.807) is 36.4 Å². The van der Waals surface area contributed by atoms with Crippen molar-refractivity contribution < 1.29 is 22.5 Å². The van der Waals surface area contributed by atoms with Crippen molar-refractivity contribution >= 4 is 28.8 Å². The van der Waals surface area contributed by atoms with E-state index in [0.29, 0.717) is 11.3 Å². The third-order valence-electron chi connectivity index (χ3n) is 3.69. The summed E-state index contributed by atoms with van der Waals surface area (Å²) in [5.74, 6) is -0.539. The molecular formula is C19H10ClF3N4O2. The van der Waals surface area contributed by atoms with Crippen molar-refractivity contribution in [3.63, 3.8) is 0 Å². The van der Waals surface area contributed by atoms with Crippen molar-refractivity contribution in [3.8, 4) is 17.4 Å². The highest BCUT2D eigenvalue weighted by Gasteiger charge is 2.33. The highest BCUT2D eigenvalue weighted by atomic mass is 35.5. The lowest BCUT2D eigenvalue weighted by Gasteiger charge is -2.10. The van der Waals surface area contributed by atoms with Gasteiger partial charge in [0.05, 0.1) is 16.3 Å². The van der Waals surface area contributed by atoms with E-state index in [2.05, 4.69) is 15.7 Å². The molecular weight excluding hydrogens is 409 g/mol. The fourth-order valence-corrected chi connectivity index (χ4v) is 2.53. The second-order valence-corrected chi connectivity index (χ2v) is 6.06. The van der Waals surface area contributed by atoms with Crippen molar-refractivity contribution in [2.75, 3.05) is 5.43 Å². The summed E-state index contributed by atoms with van der Waals surface area (Å²) >= 11 is 5.55. The number of rotatable bonds is 5. The number of hydrogen-bond acceptors (Lipinski definition) is 6. The third kappa shape index (κ3) is 4.62. The number of halogens is 4. The monoisotopic (exact) mass is 418 g/mol. The molecule has 1 heterocycles. The SMILES string of the molecule is N#CC(=NNc1ccc(Cl)c(C(F)(F)F)c1)C(=O)c1cc(-c2ccccc2)on1. The molecule has 10 heteroatoms. The maximum absolute atomic E-state index is 12.9. The fourth-order valence-electron chi connectivity index (χ4n) is 2.30. The Morgan fingerprint density at radius 3 is 2.55 bits per heavy atom. The number of carbonyl (C=O) groups excluding carboxylic acids is 1. The van der Waals surface area contributed by atoms with Crippen LogP contribution in [0.5, 0.6) is 0 Å². The Morgan fingerprint density at radius 2 is 1.90 bits per heavy atom. The topological polar surface area (TPSA) is 91.3 Å². The van der Waals surface area contributed by atoms with Gasteiger partial charge in [-0.05, 0) is 18.2 Å². The standard InChI is InChI=1S/C19H10ClF3N4O2/c20-14-7-6-12(8-13(14)19(21,22)23)25-26-16(10-24)18(28)15-9-17(29-27-15)11-4-2-1-3-5-11/h1-9,25H. The van der Waals surface area contributed by atoms with E-state index in [0.717, 1.165) is 12.1 Å². The molecule has 0 unspecified atom stereocenters. The molecule has 2 aromatic carbocycles. The van der Waals surface area contributed by atoms with Crippen LogP contribution < -0.4 is 5.43 Å². The smallest absolute Gasteiger partial charge is 0.356 e. The Balaban J connectivity index is 1.81. The average Bonchev–Trinajstić information content (AvgIpc) is 3.19. The van der Waals surface area contributed by atoms with E-state index in [-0.39, 0.29) is 11.4 Å². The molecule has 29 heavy (non-hydrogen) atoms. The Morgan fingerprint density at radius 1 is 1.17 bits per heavy atom. The Labute approximate surface area is 167 Å². The number of benzene rings is 2. The highest BCUT2D eigenvalue weighted by molar-refractivity contribution is 6.51. The first kappa shape index (κ1) is 20.1. The summed E-state index contributed by atoms with van der Waals surface area (Å²) in [5.41, 5.74) is 0.968. The van der Waals surface area contributed by atoms with Gasteiger partial charge in [-0.15, -0.1) is 0 Å². The Bertz CT molecular complexity index is 1120. The van der Waals surface area contributed by atoms with E-state index in [4.69, 9.17) is 16.1 Å². The first-order valence-electron chi connectivity index (χ1n) is 7.97. The minimum absolute atomic E-state index is 0.104. The van der Waals surface area contributed by atoms with Crippen molar-refractivity contribution in [1.29, 1.82) is 5.26 Å². The van der Waals surface area contributed by atoms with Crippen molar-refractivity contribution in [3.05, 3.63) is 70.9 Å². The quantitative estimate of drug-likeness (QED) is 0.350. The number of hydrogen-bond donors (Lipinski definition) is 1. The third-order valence-corrected chi connectivity index (χ3v) is 4.02. The van der Waals surface area contributed by atoms with Crippen LogP contribution in [0.3, 0.4) is 0 Å². The van der Waals surface area contributed by atoms with Gasteiger partial charge in [0.25, 0.3) is 0 Å². The van der Waals surface area contributed by atoms with Crippen LogP contribution >= 0.6 is 11.6 Å². The van der Waals surface area contributed by atoms with Crippen LogP contribution in [0.25, 0.3) is 11.3 Å². The van der Waals surface area contributed by atoms with Crippen LogP contribution in [0.4, 0.5) is 18.9 Å². The number of nitrogens with zero attached hydrogens (tertiary/aromatic N) is 3. The maximum Gasteiger partial charge on any atom is 0.417 e. The summed E-state index contributed by atoms with van der Waals surface area (Å²) in [6.45, 7) is 0. The van der Waals surface area contributed by atoms with Gasteiger partial charge in [0.1, 0.15) is 6.07 Å². The zero-order chi connectivity index (χ0) is 21.0. The molecule has 1 aromatic heterocycles. The van der Waals surface area contributed by atoms with E-state index in [9.17, 15) is 23.2 Å². The number of carbonyl (C=O) groups is 1. The van der Waals surface area contributed by atoms with Crippen LogP contribution in [0.2, 0.25) is 5.02 Å². The van der Waals surface area contributed by atoms with E-state index < -0.39 is 28.3 Å². The van der Waals surface area contributed by atoms with Gasteiger partial charge in [-0.3, -0.25) is 10.2 Å². The number of ketones is 1. The van der Waals surface area contributed by atoms with Crippen LogP contribution in [-0.4, -0.2) is 16.7 Å². The first-order chi connectivity index (χ1) is 13.8. The van der Waals surface area contributed by atoms with Gasteiger partial charge in [0.15, 0.2) is 11.5 Å². The summed E-state index contributed by atoms with van der Waals surface area (Å²) in [6, 6.07) is 14.7. The number of alkyl halides is 3. The number of nitriles is 1. The van der Waals surface area contributed by atoms with Crippen LogP contribution in [0.1, 0.15) is 16.1 Å². The predicted octanol–water partition coefficient (Wildman–Crippen LogP) is 5.19. The molecule has 0 fully saturated rings. The molecule has 0 bridgehead atoms. The average molecular weight is 419 g/mol. The number of hydrazone groups is 1. The molecule has 0 radical (unpaired) electrons. The van der Waals surface area contributed by atoms with Crippen molar-refractivity contribution in [2.45, 2.75) is 6.18 Å². The molecule has 6 nitrogen and oxygen atoms in total. The summed E-state index contributed by atoms with van der Waals surface area (Å²) in [5, 5.41) is 15.9. The van der Waals surface area contributed by atoms with Crippen LogP contribution in [-0.2, 0) is 6.18 Å². The lowest BCUT2D eigenvalue weighted by Crippen LogP contribution is -2.14. The summed E-state index contributed by atoms with van der Waals surface area (Å²) in [6.07, 6.45) is -4.67. The van der Waals surface area contributed by atoms with Gasteiger partial charge in [0, 0.05) is 11.6 Å². The molecule has 0 saturated heterocycles. The van der Waals surface area contributed by atoms with Gasteiger partial charge in [-0.1, -0.05) is 47.1 Å². The second kappa shape index (κ2) is 8.16. The fraction of sp³-hybridized carbons (Fsp3) is 0.0526. The van der Waals surface area contributed by atoms with Crippen molar-refractivity contribution in [1.82, 2.24) is 5.16 Å². The summed E-state index contributed by atoms with van der Waals surface area (Å²) < 4.78 is 43.8. The molecule has 0 spiro atoms. The molecule has 0 atom stereocenters. The highest BCUT2D eigenvalue weighted by Crippen LogP contribution is 2.36. The lowest BCUT2D eigenvalue weighted by molar-refractivity contribution is -0.137. The van der Waals surface area contributed by atoms with Gasteiger partial charge in [-0.2, -0.15) is 23.5 Å². The van der Waals surface area contributed by atoms with Gasteiger partial charge in [0.2, 0.25) is 11.5 Å². The molecule has 146 valence electrons. The van der Waals surface area contributed by atoms with Crippen LogP contribution in [0, 0.1) is 11.3 Å². The molecule has 3 rings (SSSR count). The molecule has 0 amide bonds. The minimum Gasteiger partial charge on any atom is -0.356 e. The van der Waals surface area contributed by atoms with E-state index in [1.807, 2.05) is 0 Å². The molecule has 0 aliphatic carbocycles. The lowest BCUT2D eigenvalue weighted by atomic mass is 10.1. The predicted molar refractivity (Wildman–Crippen MR) is 99.4 cm³/mol. The van der Waals surface area contributed by atoms with Gasteiger partial charge in [-0.25, -0.2) is 0 Å². The largest absolute Gasteiger partial charge is 0.417 e. The van der Waals surface area contributed by atoms with E-state index in [1.165, 1.54) is 12.1 Å². The number of aromatic nitrogens is 1. The number of Topliss-reactive ketones (excluding diaryl/α,β-unsaturated/α-hetero) is 1. The number of nitrogens with one attached hydrogen (secondary N) is 1. The molecule has 0 saturated carbocycles. The van der Waals surface area contributed by atoms with E-state index >= 15 is 0 Å². The summed E-state index contributed by atoms with van der Waals surface area (Å²) in [4.78, 5) is 12.4. The van der Waals surface area contributed by atoms with Gasteiger partial charge >= 0.3 is 6.18 Å².